The summed E-state index contributed by atoms with van der Waals surface area (Å²) < 4.78 is 33.3. The first kappa shape index (κ1) is 23.5. The maximum Gasteiger partial charge on any atom is 0.270 e. The highest BCUT2D eigenvalue weighted by Gasteiger charge is 2.33. The Bertz CT molecular complexity index is 1160. The SMILES string of the molecule is CCc1ccc(NC(=O)CN(c2ccc(C(C)C)cc2)S(=O)(=O)c2c(C)noc2C)cc1. The van der Waals surface area contributed by atoms with Crippen LogP contribution < -0.4 is 9.62 Å². The molecule has 7 nitrogen and oxygen atoms in total. The maximum atomic E-state index is 13.6. The van der Waals surface area contributed by atoms with Crippen LogP contribution in [-0.2, 0) is 21.2 Å². The zero-order valence-corrected chi connectivity index (χ0v) is 19.9. The van der Waals surface area contributed by atoms with Gasteiger partial charge in [-0.25, -0.2) is 8.42 Å². The summed E-state index contributed by atoms with van der Waals surface area (Å²) in [5, 5.41) is 6.56. The first-order valence-corrected chi connectivity index (χ1v) is 12.0. The summed E-state index contributed by atoms with van der Waals surface area (Å²) in [4.78, 5) is 12.8. The number of rotatable bonds is 8. The number of nitrogens with zero attached hydrogens (tertiary/aromatic N) is 2. The number of hydrogen-bond donors (Lipinski definition) is 1. The van der Waals surface area contributed by atoms with Gasteiger partial charge in [-0.1, -0.05) is 50.2 Å². The lowest BCUT2D eigenvalue weighted by atomic mass is 10.0. The van der Waals surface area contributed by atoms with Gasteiger partial charge in [0, 0.05) is 5.69 Å². The fourth-order valence-corrected chi connectivity index (χ4v) is 5.17. The number of anilines is 2. The predicted molar refractivity (Wildman–Crippen MR) is 125 cm³/mol. The molecule has 1 N–H and O–H groups in total. The van der Waals surface area contributed by atoms with E-state index in [4.69, 9.17) is 4.52 Å². The van der Waals surface area contributed by atoms with Crippen LogP contribution in [0.3, 0.4) is 0 Å². The lowest BCUT2D eigenvalue weighted by Gasteiger charge is -2.24. The largest absolute Gasteiger partial charge is 0.360 e. The molecular formula is C24H29N3O4S. The van der Waals surface area contributed by atoms with Gasteiger partial charge in [0.05, 0.1) is 5.69 Å². The van der Waals surface area contributed by atoms with Gasteiger partial charge in [-0.3, -0.25) is 9.10 Å². The van der Waals surface area contributed by atoms with E-state index in [0.29, 0.717) is 17.3 Å². The summed E-state index contributed by atoms with van der Waals surface area (Å²) in [6, 6.07) is 14.6. The van der Waals surface area contributed by atoms with Crippen molar-refractivity contribution in [2.24, 2.45) is 0 Å². The summed E-state index contributed by atoms with van der Waals surface area (Å²) in [6.45, 7) is 8.90. The molecule has 2 aromatic carbocycles. The van der Waals surface area contributed by atoms with Crippen molar-refractivity contribution in [3.05, 3.63) is 71.1 Å². The number of sulfonamides is 1. The number of hydrogen-bond acceptors (Lipinski definition) is 5. The van der Waals surface area contributed by atoms with E-state index in [-0.39, 0.29) is 22.9 Å². The highest BCUT2D eigenvalue weighted by atomic mass is 32.2. The third-order valence-electron chi connectivity index (χ3n) is 5.30. The van der Waals surface area contributed by atoms with Crippen molar-refractivity contribution in [3.8, 4) is 0 Å². The zero-order valence-electron chi connectivity index (χ0n) is 19.0. The fraction of sp³-hybridized carbons (Fsp3) is 0.333. The minimum absolute atomic E-state index is 0.0227. The molecule has 1 amide bonds. The quantitative estimate of drug-likeness (QED) is 0.526. The van der Waals surface area contributed by atoms with Crippen LogP contribution in [0.4, 0.5) is 11.4 Å². The Morgan fingerprint density at radius 3 is 2.19 bits per heavy atom. The molecule has 1 aromatic heterocycles. The molecule has 3 rings (SSSR count). The molecule has 170 valence electrons. The third kappa shape index (κ3) is 5.02. The van der Waals surface area contributed by atoms with E-state index in [2.05, 4.69) is 31.2 Å². The lowest BCUT2D eigenvalue weighted by molar-refractivity contribution is -0.114. The van der Waals surface area contributed by atoms with Crippen molar-refractivity contribution >= 4 is 27.3 Å². The molecular weight excluding hydrogens is 426 g/mol. The van der Waals surface area contributed by atoms with Crippen molar-refractivity contribution in [3.63, 3.8) is 0 Å². The minimum atomic E-state index is -4.09. The van der Waals surface area contributed by atoms with Crippen LogP contribution >= 0.6 is 0 Å². The minimum Gasteiger partial charge on any atom is -0.360 e. The van der Waals surface area contributed by atoms with E-state index in [1.54, 1.807) is 38.1 Å². The van der Waals surface area contributed by atoms with E-state index in [0.717, 1.165) is 21.9 Å². The molecule has 0 spiro atoms. The Morgan fingerprint density at radius 1 is 1.06 bits per heavy atom. The molecule has 0 aliphatic heterocycles. The van der Waals surface area contributed by atoms with Crippen molar-refractivity contribution < 1.29 is 17.7 Å². The molecule has 0 saturated carbocycles. The molecule has 0 radical (unpaired) electrons. The van der Waals surface area contributed by atoms with E-state index in [9.17, 15) is 13.2 Å². The molecule has 0 aliphatic carbocycles. The highest BCUT2D eigenvalue weighted by molar-refractivity contribution is 7.93. The molecule has 0 fully saturated rings. The summed E-state index contributed by atoms with van der Waals surface area (Å²) in [6.07, 6.45) is 0.893. The van der Waals surface area contributed by atoms with E-state index in [1.807, 2.05) is 24.3 Å². The van der Waals surface area contributed by atoms with Crippen LogP contribution in [0.5, 0.6) is 0 Å². The number of aryl methyl sites for hydroxylation is 3. The van der Waals surface area contributed by atoms with E-state index in [1.165, 1.54) is 0 Å². The van der Waals surface area contributed by atoms with Gasteiger partial charge in [0.1, 0.15) is 12.2 Å². The Kier molecular flexibility index (Phi) is 7.03. The molecule has 3 aromatic rings. The van der Waals surface area contributed by atoms with Crippen LogP contribution in [0.1, 0.15) is 49.3 Å². The second kappa shape index (κ2) is 9.56. The number of nitrogens with one attached hydrogen (secondary N) is 1. The number of carbonyl (C=O) groups excluding carboxylic acids is 1. The van der Waals surface area contributed by atoms with Crippen LogP contribution in [0.2, 0.25) is 0 Å². The molecule has 0 aliphatic rings. The maximum absolute atomic E-state index is 13.6. The third-order valence-corrected chi connectivity index (χ3v) is 7.32. The van der Waals surface area contributed by atoms with Crippen molar-refractivity contribution in [2.75, 3.05) is 16.2 Å². The van der Waals surface area contributed by atoms with Crippen LogP contribution in [0.15, 0.2) is 57.9 Å². The van der Waals surface area contributed by atoms with Gasteiger partial charge >= 0.3 is 0 Å². The van der Waals surface area contributed by atoms with Crippen molar-refractivity contribution in [1.82, 2.24) is 5.16 Å². The van der Waals surface area contributed by atoms with Gasteiger partial charge in [0.25, 0.3) is 10.0 Å². The van der Waals surface area contributed by atoms with Crippen LogP contribution in [0.25, 0.3) is 0 Å². The van der Waals surface area contributed by atoms with Gasteiger partial charge in [0.2, 0.25) is 5.91 Å². The Balaban J connectivity index is 1.95. The van der Waals surface area contributed by atoms with Crippen molar-refractivity contribution in [1.29, 1.82) is 0 Å². The number of benzene rings is 2. The van der Waals surface area contributed by atoms with E-state index >= 15 is 0 Å². The molecule has 0 atom stereocenters. The van der Waals surface area contributed by atoms with Gasteiger partial charge in [-0.15, -0.1) is 0 Å². The van der Waals surface area contributed by atoms with E-state index < -0.39 is 15.9 Å². The Labute approximate surface area is 189 Å². The standard InChI is InChI=1S/C24H29N3O4S/c1-6-19-7-11-21(12-8-19)25-23(28)15-27(22-13-9-20(10-14-22)16(2)3)32(29,30)24-17(4)26-31-18(24)5/h7-14,16H,6,15H2,1-5H3,(H,25,28). The normalized spacial score (nSPS) is 11.6. The average Bonchev–Trinajstić information content (AvgIpc) is 3.11. The van der Waals surface area contributed by atoms with Crippen LogP contribution in [-0.4, -0.2) is 26.0 Å². The summed E-state index contributed by atoms with van der Waals surface area (Å²) in [7, 11) is -4.09. The molecule has 1 heterocycles. The van der Waals surface area contributed by atoms with Gasteiger partial charge < -0.3 is 9.84 Å². The second-order valence-corrected chi connectivity index (χ2v) is 9.81. The summed E-state index contributed by atoms with van der Waals surface area (Å²) >= 11 is 0. The highest BCUT2D eigenvalue weighted by Crippen LogP contribution is 2.29. The first-order chi connectivity index (χ1) is 15.1. The molecule has 0 unspecified atom stereocenters. The summed E-state index contributed by atoms with van der Waals surface area (Å²) in [5.74, 6) is 0.0328. The fourth-order valence-electron chi connectivity index (χ4n) is 3.45. The van der Waals surface area contributed by atoms with Gasteiger partial charge in [-0.2, -0.15) is 0 Å². The second-order valence-electron chi connectivity index (χ2n) is 8.01. The smallest absolute Gasteiger partial charge is 0.270 e. The molecule has 8 heteroatoms. The Morgan fingerprint density at radius 2 is 1.69 bits per heavy atom. The Hall–Kier alpha value is -3.13. The summed E-state index contributed by atoms with van der Waals surface area (Å²) in [5.41, 5.74) is 3.48. The van der Waals surface area contributed by atoms with Crippen molar-refractivity contribution in [2.45, 2.75) is 51.9 Å². The number of aromatic nitrogens is 1. The molecule has 0 saturated heterocycles. The zero-order chi connectivity index (χ0) is 23.5. The van der Waals surface area contributed by atoms with Crippen LogP contribution in [0, 0.1) is 13.8 Å². The number of carbonyl (C=O) groups is 1. The van der Waals surface area contributed by atoms with Gasteiger partial charge in [0.15, 0.2) is 10.7 Å². The molecule has 0 bridgehead atoms. The van der Waals surface area contributed by atoms with Gasteiger partial charge in [-0.05, 0) is 61.6 Å². The predicted octanol–water partition coefficient (Wildman–Crippen LogP) is 4.81. The lowest BCUT2D eigenvalue weighted by Crippen LogP contribution is -2.38. The number of amides is 1. The monoisotopic (exact) mass is 455 g/mol. The molecule has 32 heavy (non-hydrogen) atoms. The topological polar surface area (TPSA) is 92.5 Å². The average molecular weight is 456 g/mol. The first-order valence-electron chi connectivity index (χ1n) is 10.6.